The van der Waals surface area contributed by atoms with Crippen molar-refractivity contribution >= 4 is 0 Å². The number of hydrogen-bond donors (Lipinski definition) is 2. The second-order valence-corrected chi connectivity index (χ2v) is 3.46. The molecule has 0 aromatic heterocycles. The van der Waals surface area contributed by atoms with Gasteiger partial charge in [-0.25, -0.2) is 4.39 Å². The smallest absolute Gasteiger partial charge is 0.123 e. The van der Waals surface area contributed by atoms with Gasteiger partial charge in [0.1, 0.15) is 5.82 Å². The third kappa shape index (κ3) is 2.30. The molecule has 0 aliphatic carbocycles. The molecule has 1 rings (SSSR count). The zero-order valence-corrected chi connectivity index (χ0v) is 8.50. The van der Waals surface area contributed by atoms with E-state index in [2.05, 4.69) is 0 Å². The first-order valence-electron chi connectivity index (χ1n) is 4.78. The van der Waals surface area contributed by atoms with Crippen LogP contribution in [0.1, 0.15) is 31.0 Å². The summed E-state index contributed by atoms with van der Waals surface area (Å²) in [5.41, 5.74) is 7.45. The quantitative estimate of drug-likeness (QED) is 0.775. The fraction of sp³-hybridized carbons (Fsp3) is 0.455. The van der Waals surface area contributed by atoms with Crippen molar-refractivity contribution in [2.24, 2.45) is 5.73 Å². The number of halogens is 1. The van der Waals surface area contributed by atoms with Gasteiger partial charge in [-0.3, -0.25) is 0 Å². The molecule has 1 aromatic carbocycles. The van der Waals surface area contributed by atoms with E-state index in [0.29, 0.717) is 5.56 Å². The summed E-state index contributed by atoms with van der Waals surface area (Å²) < 4.78 is 13.0. The van der Waals surface area contributed by atoms with E-state index in [-0.39, 0.29) is 5.82 Å². The van der Waals surface area contributed by atoms with Crippen LogP contribution in [-0.2, 0) is 6.42 Å². The molecule has 0 heterocycles. The highest BCUT2D eigenvalue weighted by Crippen LogP contribution is 2.20. The van der Waals surface area contributed by atoms with Gasteiger partial charge in [0.05, 0.1) is 12.1 Å². The maximum Gasteiger partial charge on any atom is 0.123 e. The van der Waals surface area contributed by atoms with Gasteiger partial charge in [-0.2, -0.15) is 0 Å². The lowest BCUT2D eigenvalue weighted by Gasteiger charge is -2.18. The maximum atomic E-state index is 13.0. The third-order valence-corrected chi connectivity index (χ3v) is 2.37. The maximum absolute atomic E-state index is 13.0. The number of aliphatic hydroxyl groups is 1. The second kappa shape index (κ2) is 4.53. The van der Waals surface area contributed by atoms with E-state index in [0.717, 1.165) is 12.0 Å². The number of benzene rings is 1. The Bertz CT molecular complexity index is 312. The van der Waals surface area contributed by atoms with E-state index >= 15 is 0 Å². The van der Waals surface area contributed by atoms with Crippen LogP contribution in [0.3, 0.4) is 0 Å². The SMILES string of the molecule is CCc1ccc(F)cc1[C@@H](N)[C@@H](C)O. The molecule has 3 heteroatoms. The first kappa shape index (κ1) is 11.1. The minimum absolute atomic E-state index is 0.312. The van der Waals surface area contributed by atoms with Crippen molar-refractivity contribution in [1.29, 1.82) is 0 Å². The van der Waals surface area contributed by atoms with Crippen LogP contribution in [0.4, 0.5) is 4.39 Å². The molecule has 0 unspecified atom stereocenters. The molecule has 0 spiro atoms. The molecule has 0 saturated carbocycles. The molecular formula is C11H16FNO. The summed E-state index contributed by atoms with van der Waals surface area (Å²) in [7, 11) is 0. The van der Waals surface area contributed by atoms with E-state index < -0.39 is 12.1 Å². The molecule has 78 valence electrons. The van der Waals surface area contributed by atoms with Gasteiger partial charge >= 0.3 is 0 Å². The van der Waals surface area contributed by atoms with Crippen LogP contribution < -0.4 is 5.73 Å². The highest BCUT2D eigenvalue weighted by atomic mass is 19.1. The topological polar surface area (TPSA) is 46.2 Å². The van der Waals surface area contributed by atoms with E-state index in [1.54, 1.807) is 13.0 Å². The molecule has 0 saturated heterocycles. The van der Waals surface area contributed by atoms with Crippen molar-refractivity contribution in [3.63, 3.8) is 0 Å². The predicted octanol–water partition coefficient (Wildman–Crippen LogP) is 1.77. The summed E-state index contributed by atoms with van der Waals surface area (Å²) in [5.74, 6) is -0.312. The van der Waals surface area contributed by atoms with Gasteiger partial charge in [-0.1, -0.05) is 13.0 Å². The summed E-state index contributed by atoms with van der Waals surface area (Å²) in [6.07, 6.45) is 0.123. The fourth-order valence-corrected chi connectivity index (χ4v) is 1.46. The van der Waals surface area contributed by atoms with Gasteiger partial charge in [0.2, 0.25) is 0 Å². The molecule has 0 fully saturated rings. The van der Waals surface area contributed by atoms with Gasteiger partial charge in [0, 0.05) is 0 Å². The van der Waals surface area contributed by atoms with Crippen LogP contribution in [-0.4, -0.2) is 11.2 Å². The highest BCUT2D eigenvalue weighted by molar-refractivity contribution is 5.31. The van der Waals surface area contributed by atoms with Crippen LogP contribution >= 0.6 is 0 Å². The Hall–Kier alpha value is -0.930. The molecule has 0 bridgehead atoms. The largest absolute Gasteiger partial charge is 0.391 e. The summed E-state index contributed by atoms with van der Waals surface area (Å²) >= 11 is 0. The number of aliphatic hydroxyl groups excluding tert-OH is 1. The van der Waals surface area contributed by atoms with Crippen molar-refractivity contribution in [2.45, 2.75) is 32.4 Å². The van der Waals surface area contributed by atoms with Gasteiger partial charge in [0.25, 0.3) is 0 Å². The van der Waals surface area contributed by atoms with E-state index in [9.17, 15) is 9.50 Å². The standard InChI is InChI=1S/C11H16FNO/c1-3-8-4-5-9(12)6-10(8)11(13)7(2)14/h4-7,11,14H,3,13H2,1-2H3/t7-,11+/m1/s1. The molecule has 3 N–H and O–H groups in total. The normalized spacial score (nSPS) is 15.2. The first-order valence-corrected chi connectivity index (χ1v) is 4.78. The average Bonchev–Trinajstić information content (AvgIpc) is 2.16. The monoisotopic (exact) mass is 197 g/mol. The predicted molar refractivity (Wildman–Crippen MR) is 54.4 cm³/mol. The molecule has 2 nitrogen and oxygen atoms in total. The Morgan fingerprint density at radius 3 is 2.64 bits per heavy atom. The zero-order valence-electron chi connectivity index (χ0n) is 8.50. The Morgan fingerprint density at radius 1 is 1.50 bits per heavy atom. The van der Waals surface area contributed by atoms with Crippen molar-refractivity contribution in [3.05, 3.63) is 35.1 Å². The fourth-order valence-electron chi connectivity index (χ4n) is 1.46. The van der Waals surface area contributed by atoms with Crippen LogP contribution in [0.25, 0.3) is 0 Å². The summed E-state index contributed by atoms with van der Waals surface area (Å²) in [6, 6.07) is 4.01. The molecule has 0 radical (unpaired) electrons. The van der Waals surface area contributed by atoms with Crippen molar-refractivity contribution in [2.75, 3.05) is 0 Å². The molecule has 2 atom stereocenters. The lowest BCUT2D eigenvalue weighted by molar-refractivity contribution is 0.164. The van der Waals surface area contributed by atoms with Crippen molar-refractivity contribution < 1.29 is 9.50 Å². The summed E-state index contributed by atoms with van der Waals surface area (Å²) in [4.78, 5) is 0. The Kier molecular flexibility index (Phi) is 3.61. The molecule has 0 amide bonds. The number of nitrogens with two attached hydrogens (primary N) is 1. The van der Waals surface area contributed by atoms with Gasteiger partial charge in [0.15, 0.2) is 0 Å². The lowest BCUT2D eigenvalue weighted by Crippen LogP contribution is -2.24. The second-order valence-electron chi connectivity index (χ2n) is 3.46. The lowest BCUT2D eigenvalue weighted by atomic mass is 9.96. The van der Waals surface area contributed by atoms with Crippen LogP contribution in [0, 0.1) is 5.82 Å². The minimum atomic E-state index is -0.665. The minimum Gasteiger partial charge on any atom is -0.391 e. The zero-order chi connectivity index (χ0) is 10.7. The van der Waals surface area contributed by atoms with Crippen molar-refractivity contribution in [1.82, 2.24) is 0 Å². The molecule has 0 aliphatic rings. The molecule has 0 aliphatic heterocycles. The Morgan fingerprint density at radius 2 is 2.14 bits per heavy atom. The van der Waals surface area contributed by atoms with E-state index in [1.165, 1.54) is 12.1 Å². The third-order valence-electron chi connectivity index (χ3n) is 2.37. The van der Waals surface area contributed by atoms with Gasteiger partial charge in [-0.05, 0) is 36.6 Å². The molecule has 1 aromatic rings. The number of rotatable bonds is 3. The highest BCUT2D eigenvalue weighted by Gasteiger charge is 2.15. The molecule has 14 heavy (non-hydrogen) atoms. The van der Waals surface area contributed by atoms with Gasteiger partial charge in [-0.15, -0.1) is 0 Å². The van der Waals surface area contributed by atoms with Crippen LogP contribution in [0.5, 0.6) is 0 Å². The first-order chi connectivity index (χ1) is 6.56. The van der Waals surface area contributed by atoms with E-state index in [4.69, 9.17) is 5.73 Å². The van der Waals surface area contributed by atoms with Crippen LogP contribution in [0.2, 0.25) is 0 Å². The Labute approximate surface area is 83.6 Å². The van der Waals surface area contributed by atoms with Crippen molar-refractivity contribution in [3.8, 4) is 0 Å². The van der Waals surface area contributed by atoms with Crippen LogP contribution in [0.15, 0.2) is 18.2 Å². The van der Waals surface area contributed by atoms with E-state index in [1.807, 2.05) is 6.92 Å². The average molecular weight is 197 g/mol. The summed E-state index contributed by atoms with van der Waals surface area (Å²) in [5, 5.41) is 9.34. The van der Waals surface area contributed by atoms with Gasteiger partial charge < -0.3 is 10.8 Å². The number of hydrogen-bond acceptors (Lipinski definition) is 2. The summed E-state index contributed by atoms with van der Waals surface area (Å²) in [6.45, 7) is 3.58. The molecular weight excluding hydrogens is 181 g/mol. The Balaban J connectivity index is 3.10. The number of aryl methyl sites for hydroxylation is 1.